The molecule has 0 aliphatic carbocycles. The summed E-state index contributed by atoms with van der Waals surface area (Å²) in [5.41, 5.74) is 7.45. The van der Waals surface area contributed by atoms with Crippen LogP contribution in [-0.4, -0.2) is 36.5 Å². The van der Waals surface area contributed by atoms with E-state index in [0.717, 1.165) is 12.0 Å². The van der Waals surface area contributed by atoms with Gasteiger partial charge in [-0.15, -0.1) is 0 Å². The van der Waals surface area contributed by atoms with Crippen LogP contribution in [0.15, 0.2) is 24.3 Å². The van der Waals surface area contributed by atoms with Gasteiger partial charge in [-0.2, -0.15) is 0 Å². The number of ether oxygens (including phenoxy) is 1. The second-order valence-corrected chi connectivity index (χ2v) is 5.54. The predicted octanol–water partition coefficient (Wildman–Crippen LogP) is 1.93. The van der Waals surface area contributed by atoms with Crippen LogP contribution in [0.25, 0.3) is 0 Å². The third-order valence-electron chi connectivity index (χ3n) is 4.03. The Morgan fingerprint density at radius 1 is 1.38 bits per heavy atom. The number of carbonyl (C=O) groups excluding carboxylic acids is 2. The third-order valence-corrected chi connectivity index (χ3v) is 4.03. The number of likely N-dealkylation sites (tertiary alicyclic amines) is 1. The molecule has 0 aromatic heterocycles. The van der Waals surface area contributed by atoms with E-state index in [4.69, 9.17) is 10.5 Å². The fourth-order valence-electron chi connectivity index (χ4n) is 2.77. The maximum Gasteiger partial charge on any atom is 0.328 e. The van der Waals surface area contributed by atoms with E-state index in [2.05, 4.69) is 0 Å². The van der Waals surface area contributed by atoms with Crippen molar-refractivity contribution in [2.75, 3.05) is 19.4 Å². The average molecular weight is 290 g/mol. The number of anilines is 1. The number of nitrogen functional groups attached to an aromatic ring is 1. The third kappa shape index (κ3) is 3.54. The molecular weight excluding hydrogens is 268 g/mol. The van der Waals surface area contributed by atoms with Crippen molar-refractivity contribution in [2.45, 2.75) is 38.1 Å². The van der Waals surface area contributed by atoms with E-state index < -0.39 is 6.04 Å². The van der Waals surface area contributed by atoms with Gasteiger partial charge in [0.25, 0.3) is 0 Å². The number of carbonyl (C=O) groups is 2. The number of nitrogens with two attached hydrogens (primary N) is 1. The van der Waals surface area contributed by atoms with Crippen molar-refractivity contribution in [3.8, 4) is 0 Å². The van der Waals surface area contributed by atoms with Gasteiger partial charge in [0.15, 0.2) is 0 Å². The molecule has 1 aromatic carbocycles. The molecular formula is C16H22N2O3. The Hall–Kier alpha value is -2.04. The van der Waals surface area contributed by atoms with Crippen LogP contribution in [0.5, 0.6) is 0 Å². The Balaban J connectivity index is 2.00. The number of rotatable bonds is 4. The quantitative estimate of drug-likeness (QED) is 0.679. The van der Waals surface area contributed by atoms with Crippen LogP contribution < -0.4 is 5.73 Å². The van der Waals surface area contributed by atoms with Gasteiger partial charge in [0, 0.05) is 18.7 Å². The van der Waals surface area contributed by atoms with Gasteiger partial charge in [0.05, 0.1) is 7.11 Å². The molecule has 1 saturated heterocycles. The summed E-state index contributed by atoms with van der Waals surface area (Å²) in [6.07, 6.45) is 1.92. The van der Waals surface area contributed by atoms with Crippen LogP contribution >= 0.6 is 0 Å². The zero-order valence-corrected chi connectivity index (χ0v) is 12.5. The maximum absolute atomic E-state index is 12.4. The molecule has 0 radical (unpaired) electrons. The molecule has 2 atom stereocenters. The highest BCUT2D eigenvalue weighted by molar-refractivity contribution is 5.85. The van der Waals surface area contributed by atoms with E-state index in [-0.39, 0.29) is 17.8 Å². The maximum atomic E-state index is 12.4. The van der Waals surface area contributed by atoms with Gasteiger partial charge in [0.2, 0.25) is 5.91 Å². The lowest BCUT2D eigenvalue weighted by atomic mass is 9.97. The number of esters is 1. The summed E-state index contributed by atoms with van der Waals surface area (Å²) < 4.78 is 4.77. The Bertz CT molecular complexity index is 513. The minimum absolute atomic E-state index is 0.00669. The van der Waals surface area contributed by atoms with Gasteiger partial charge in [-0.05, 0) is 36.5 Å². The molecule has 21 heavy (non-hydrogen) atoms. The monoisotopic (exact) mass is 290 g/mol. The molecule has 2 unspecified atom stereocenters. The predicted molar refractivity (Wildman–Crippen MR) is 80.6 cm³/mol. The zero-order chi connectivity index (χ0) is 15.4. The Labute approximate surface area is 125 Å². The smallest absolute Gasteiger partial charge is 0.328 e. The molecule has 1 heterocycles. The highest BCUT2D eigenvalue weighted by Gasteiger charge is 2.35. The highest BCUT2D eigenvalue weighted by Crippen LogP contribution is 2.25. The molecule has 1 aliphatic heterocycles. The van der Waals surface area contributed by atoms with Gasteiger partial charge in [0.1, 0.15) is 6.04 Å². The molecule has 2 N–H and O–H groups in total. The second kappa shape index (κ2) is 6.61. The standard InChI is InChI=1S/C16H22N2O3/c1-11(12-5-7-13(17)8-6-12)10-15(19)18-9-3-4-14(18)16(20)21-2/h5-8,11,14H,3-4,9-10,17H2,1-2H3. The molecule has 0 spiro atoms. The molecule has 2 rings (SSSR count). The van der Waals surface area contributed by atoms with Crippen molar-refractivity contribution in [2.24, 2.45) is 0 Å². The lowest BCUT2D eigenvalue weighted by Crippen LogP contribution is -2.41. The van der Waals surface area contributed by atoms with Crippen LogP contribution in [0.1, 0.15) is 37.7 Å². The number of hydrogen-bond acceptors (Lipinski definition) is 4. The van der Waals surface area contributed by atoms with E-state index in [9.17, 15) is 9.59 Å². The summed E-state index contributed by atoms with van der Waals surface area (Å²) in [4.78, 5) is 25.8. The number of methoxy groups -OCH3 is 1. The number of hydrogen-bond donors (Lipinski definition) is 1. The lowest BCUT2D eigenvalue weighted by Gasteiger charge is -2.24. The molecule has 0 bridgehead atoms. The number of nitrogens with zero attached hydrogens (tertiary/aromatic N) is 1. The minimum Gasteiger partial charge on any atom is -0.467 e. The molecule has 0 saturated carbocycles. The molecule has 1 aliphatic rings. The van der Waals surface area contributed by atoms with Crippen molar-refractivity contribution in [1.82, 2.24) is 4.90 Å². The van der Waals surface area contributed by atoms with Gasteiger partial charge < -0.3 is 15.4 Å². The van der Waals surface area contributed by atoms with E-state index in [1.165, 1.54) is 7.11 Å². The fraction of sp³-hybridized carbons (Fsp3) is 0.500. The van der Waals surface area contributed by atoms with Crippen molar-refractivity contribution in [1.29, 1.82) is 0 Å². The Morgan fingerprint density at radius 2 is 2.05 bits per heavy atom. The summed E-state index contributed by atoms with van der Waals surface area (Å²) in [5, 5.41) is 0. The van der Waals surface area contributed by atoms with Crippen molar-refractivity contribution in [3.05, 3.63) is 29.8 Å². The fourth-order valence-corrected chi connectivity index (χ4v) is 2.77. The molecule has 1 aromatic rings. The van der Waals surface area contributed by atoms with Gasteiger partial charge in [-0.3, -0.25) is 4.79 Å². The SMILES string of the molecule is COC(=O)C1CCCN1C(=O)CC(C)c1ccc(N)cc1. The van der Waals surface area contributed by atoms with E-state index in [0.29, 0.717) is 25.1 Å². The zero-order valence-electron chi connectivity index (χ0n) is 12.5. The molecule has 1 fully saturated rings. The Kier molecular flexibility index (Phi) is 4.83. The summed E-state index contributed by atoms with van der Waals surface area (Å²) in [5.74, 6) is -0.217. The lowest BCUT2D eigenvalue weighted by molar-refractivity contribution is -0.151. The van der Waals surface area contributed by atoms with E-state index >= 15 is 0 Å². The van der Waals surface area contributed by atoms with E-state index in [1.54, 1.807) is 4.90 Å². The van der Waals surface area contributed by atoms with Crippen molar-refractivity contribution >= 4 is 17.6 Å². The van der Waals surface area contributed by atoms with Crippen LogP contribution in [0.2, 0.25) is 0 Å². The largest absolute Gasteiger partial charge is 0.467 e. The number of benzene rings is 1. The first-order valence-corrected chi connectivity index (χ1v) is 7.25. The summed E-state index contributed by atoms with van der Waals surface area (Å²) in [6.45, 7) is 2.64. The van der Waals surface area contributed by atoms with Crippen LogP contribution in [-0.2, 0) is 14.3 Å². The van der Waals surface area contributed by atoms with Gasteiger partial charge in [-0.1, -0.05) is 19.1 Å². The summed E-state index contributed by atoms with van der Waals surface area (Å²) >= 11 is 0. The summed E-state index contributed by atoms with van der Waals surface area (Å²) in [7, 11) is 1.36. The first kappa shape index (κ1) is 15.4. The van der Waals surface area contributed by atoms with Crippen LogP contribution in [0, 0.1) is 0 Å². The summed E-state index contributed by atoms with van der Waals surface area (Å²) in [6, 6.07) is 7.14. The molecule has 5 heteroatoms. The van der Waals surface area contributed by atoms with Crippen LogP contribution in [0.4, 0.5) is 5.69 Å². The minimum atomic E-state index is -0.416. The first-order valence-electron chi connectivity index (χ1n) is 7.25. The van der Waals surface area contributed by atoms with E-state index in [1.807, 2.05) is 31.2 Å². The first-order chi connectivity index (χ1) is 10.0. The van der Waals surface area contributed by atoms with Gasteiger partial charge in [-0.25, -0.2) is 4.79 Å². The molecule has 1 amide bonds. The average Bonchev–Trinajstić information content (AvgIpc) is 2.96. The van der Waals surface area contributed by atoms with Crippen LogP contribution in [0.3, 0.4) is 0 Å². The normalized spacial score (nSPS) is 19.3. The molecule has 114 valence electrons. The highest BCUT2D eigenvalue weighted by atomic mass is 16.5. The topological polar surface area (TPSA) is 72.6 Å². The van der Waals surface area contributed by atoms with Crippen molar-refractivity contribution in [3.63, 3.8) is 0 Å². The van der Waals surface area contributed by atoms with Gasteiger partial charge >= 0.3 is 5.97 Å². The Morgan fingerprint density at radius 3 is 2.67 bits per heavy atom. The second-order valence-electron chi connectivity index (χ2n) is 5.54. The number of amides is 1. The molecule has 5 nitrogen and oxygen atoms in total. The van der Waals surface area contributed by atoms with Crippen molar-refractivity contribution < 1.29 is 14.3 Å².